The molecule has 2 rings (SSSR count). The molecule has 2 aromatic carbocycles. The molecule has 0 aliphatic rings. The zero-order valence-corrected chi connectivity index (χ0v) is 12.9. The molecule has 0 fully saturated rings. The molecule has 0 aromatic heterocycles. The Labute approximate surface area is 124 Å². The van der Waals surface area contributed by atoms with Crippen molar-refractivity contribution in [3.05, 3.63) is 71.8 Å². The van der Waals surface area contributed by atoms with Crippen molar-refractivity contribution in [3.8, 4) is 11.6 Å². The highest BCUT2D eigenvalue weighted by atomic mass is 35.7. The quantitative estimate of drug-likeness (QED) is 0.576. The molecule has 1 atom stereocenters. The summed E-state index contributed by atoms with van der Waals surface area (Å²) in [5.74, 6) is 3.08. The summed E-state index contributed by atoms with van der Waals surface area (Å²) in [6.07, 6.45) is 1.67. The molecule has 0 saturated carbocycles. The van der Waals surface area contributed by atoms with Crippen molar-refractivity contribution >= 4 is 28.4 Å². The Hall–Kier alpha value is -1.06. The van der Waals surface area contributed by atoms with Crippen LogP contribution in [0, 0.1) is 11.6 Å². The minimum atomic E-state index is -2.08. The second kappa shape index (κ2) is 6.92. The third-order valence-electron chi connectivity index (χ3n) is 2.67. The summed E-state index contributed by atoms with van der Waals surface area (Å²) in [6.45, 7) is 0. The third-order valence-corrected chi connectivity index (χ3v) is 5.50. The van der Waals surface area contributed by atoms with E-state index in [4.69, 9.17) is 23.0 Å². The van der Waals surface area contributed by atoms with E-state index in [0.29, 0.717) is 0 Å². The lowest BCUT2D eigenvalue weighted by Gasteiger charge is -2.06. The zero-order valence-electron chi connectivity index (χ0n) is 10.4. The van der Waals surface area contributed by atoms with E-state index < -0.39 is 5.39 Å². The molecule has 0 spiro atoms. The van der Waals surface area contributed by atoms with Gasteiger partial charge in [-0.05, 0) is 29.8 Å². The molecule has 0 bridgehead atoms. The summed E-state index contributed by atoms with van der Waals surface area (Å²) in [6, 6.07) is 20.1. The van der Waals surface area contributed by atoms with Gasteiger partial charge in [-0.3, -0.25) is 0 Å². The van der Waals surface area contributed by atoms with E-state index in [1.165, 1.54) is 5.56 Å². The van der Waals surface area contributed by atoms with Gasteiger partial charge >= 0.3 is 0 Å². The van der Waals surface area contributed by atoms with Crippen LogP contribution < -0.4 is 0 Å². The fourth-order valence-corrected chi connectivity index (χ4v) is 3.39. The van der Waals surface area contributed by atoms with Crippen LogP contribution in [0.3, 0.4) is 0 Å². The van der Waals surface area contributed by atoms with Crippen molar-refractivity contribution in [2.75, 3.05) is 6.16 Å². The highest BCUT2D eigenvalue weighted by Crippen LogP contribution is 2.50. The summed E-state index contributed by atoms with van der Waals surface area (Å²) < 4.78 is 0. The van der Waals surface area contributed by atoms with Crippen LogP contribution in [0.25, 0.3) is 0 Å². The topological polar surface area (TPSA) is 0 Å². The molecule has 0 N–H and O–H groups in total. The first-order valence-electron chi connectivity index (χ1n) is 6.07. The fourth-order valence-electron chi connectivity index (χ4n) is 1.64. The van der Waals surface area contributed by atoms with Gasteiger partial charge in [-0.2, -0.15) is 0 Å². The second-order valence-corrected chi connectivity index (χ2v) is 10.4. The first-order valence-corrected chi connectivity index (χ1v) is 9.96. The largest absolute Gasteiger partial charge is 0.105 e. The van der Waals surface area contributed by atoms with Crippen molar-refractivity contribution < 1.29 is 0 Å². The summed E-state index contributed by atoms with van der Waals surface area (Å²) in [7, 11) is 0. The molecule has 2 aromatic rings. The van der Waals surface area contributed by atoms with E-state index in [1.54, 1.807) is 0 Å². The first-order chi connectivity index (χ1) is 9.16. The maximum absolute atomic E-state index is 6.39. The number of hydrogen-bond acceptors (Lipinski definition) is 1. The van der Waals surface area contributed by atoms with Gasteiger partial charge in [0.15, 0.2) is 0 Å². The summed E-state index contributed by atoms with van der Waals surface area (Å²) in [5, 5.41) is -2.08. The number of halogens is 1. The van der Waals surface area contributed by atoms with Crippen LogP contribution in [-0.2, 0) is 18.2 Å². The van der Waals surface area contributed by atoms with Gasteiger partial charge in [0, 0.05) is 11.7 Å². The minimum absolute atomic E-state index is 0.772. The van der Waals surface area contributed by atoms with E-state index in [2.05, 4.69) is 23.7 Å². The van der Waals surface area contributed by atoms with Gasteiger partial charge < -0.3 is 0 Å². The van der Waals surface area contributed by atoms with Gasteiger partial charge in [0.1, 0.15) is 5.39 Å². The normalized spacial score (nSPS) is 13.1. The molecule has 3 heteroatoms. The van der Waals surface area contributed by atoms with Crippen LogP contribution in [0.2, 0.25) is 0 Å². The van der Waals surface area contributed by atoms with Crippen LogP contribution in [0.5, 0.6) is 0 Å². The maximum atomic E-state index is 6.39. The summed E-state index contributed by atoms with van der Waals surface area (Å²) in [5.41, 5.74) is 5.32. The Morgan fingerprint density at radius 3 is 2.16 bits per heavy atom. The van der Waals surface area contributed by atoms with Gasteiger partial charge in [-0.15, -0.1) is 0 Å². The van der Waals surface area contributed by atoms with Crippen LogP contribution in [0.1, 0.15) is 11.1 Å². The first kappa shape index (κ1) is 14.4. The predicted molar refractivity (Wildman–Crippen MR) is 88.5 cm³/mol. The number of benzene rings is 2. The van der Waals surface area contributed by atoms with Gasteiger partial charge in [-0.1, -0.05) is 77.5 Å². The Morgan fingerprint density at radius 1 is 0.947 bits per heavy atom. The molecule has 19 heavy (non-hydrogen) atoms. The van der Waals surface area contributed by atoms with E-state index in [0.717, 1.165) is 18.1 Å². The lowest BCUT2D eigenvalue weighted by atomic mass is 10.2. The van der Waals surface area contributed by atoms with Crippen LogP contribution in [0.15, 0.2) is 60.7 Å². The fraction of sp³-hybridized carbons (Fsp3) is 0.125. The molecule has 0 amide bonds. The predicted octanol–water partition coefficient (Wildman–Crippen LogP) is 4.87. The van der Waals surface area contributed by atoms with Crippen LogP contribution in [-0.4, -0.2) is 6.16 Å². The lowest BCUT2D eigenvalue weighted by Crippen LogP contribution is -1.89. The van der Waals surface area contributed by atoms with E-state index in [1.807, 2.05) is 48.5 Å². The van der Waals surface area contributed by atoms with Crippen molar-refractivity contribution in [1.82, 2.24) is 0 Å². The van der Waals surface area contributed by atoms with Crippen molar-refractivity contribution in [2.45, 2.75) is 6.42 Å². The van der Waals surface area contributed by atoms with Crippen molar-refractivity contribution in [2.24, 2.45) is 0 Å². The van der Waals surface area contributed by atoms with E-state index in [9.17, 15) is 0 Å². The summed E-state index contributed by atoms with van der Waals surface area (Å²) >= 11 is 11.8. The maximum Gasteiger partial charge on any atom is 0.105 e. The molecular formula is C16H14ClPS. The molecule has 0 aliphatic heterocycles. The number of aryl methyl sites for hydroxylation is 1. The molecule has 1 unspecified atom stereocenters. The standard InChI is InChI=1S/C16H14ClPS/c17-18(19,13-11-15-7-3-1-4-8-15)14-12-16-9-5-2-6-10-16/h1-10H,11,13H2. The monoisotopic (exact) mass is 304 g/mol. The van der Waals surface area contributed by atoms with E-state index >= 15 is 0 Å². The van der Waals surface area contributed by atoms with Gasteiger partial charge in [-0.25, -0.2) is 0 Å². The smallest absolute Gasteiger partial charge is 0.0717 e. The Balaban J connectivity index is 2.00. The highest BCUT2D eigenvalue weighted by molar-refractivity contribution is 8.29. The average molecular weight is 305 g/mol. The second-order valence-electron chi connectivity index (χ2n) is 4.21. The van der Waals surface area contributed by atoms with E-state index in [-0.39, 0.29) is 0 Å². The molecule has 0 heterocycles. The average Bonchev–Trinajstić information content (AvgIpc) is 2.46. The van der Waals surface area contributed by atoms with Crippen molar-refractivity contribution in [3.63, 3.8) is 0 Å². The van der Waals surface area contributed by atoms with Gasteiger partial charge in [0.05, 0.1) is 0 Å². The highest BCUT2D eigenvalue weighted by Gasteiger charge is 2.09. The Morgan fingerprint density at radius 2 is 1.53 bits per heavy atom. The SMILES string of the molecule is S=P(Cl)(C#Cc1ccccc1)CCc1ccccc1. The molecule has 0 nitrogen and oxygen atoms in total. The third kappa shape index (κ3) is 5.21. The van der Waals surface area contributed by atoms with Crippen LogP contribution in [0.4, 0.5) is 0 Å². The minimum Gasteiger partial charge on any atom is -0.0717 e. The molecule has 96 valence electrons. The number of rotatable bonds is 3. The molecule has 0 aliphatic carbocycles. The summed E-state index contributed by atoms with van der Waals surface area (Å²) in [4.78, 5) is 0. The van der Waals surface area contributed by atoms with Crippen LogP contribution >= 0.6 is 16.6 Å². The van der Waals surface area contributed by atoms with Gasteiger partial charge in [0.2, 0.25) is 0 Å². The van der Waals surface area contributed by atoms with Crippen molar-refractivity contribution in [1.29, 1.82) is 0 Å². The Kier molecular flexibility index (Phi) is 5.23. The zero-order chi connectivity index (χ0) is 13.6. The lowest BCUT2D eigenvalue weighted by molar-refractivity contribution is 1.15. The number of hydrogen-bond donors (Lipinski definition) is 0. The molecule has 0 radical (unpaired) electrons. The molecule has 0 saturated heterocycles. The Bertz CT molecular complexity index is 626. The molecular weight excluding hydrogens is 291 g/mol. The van der Waals surface area contributed by atoms with Gasteiger partial charge in [0.25, 0.3) is 0 Å².